The topological polar surface area (TPSA) is 50.5 Å². The zero-order chi connectivity index (χ0) is 18.0. The zero-order valence-corrected chi connectivity index (χ0v) is 16.4. The Morgan fingerprint density at radius 2 is 1.77 bits per heavy atom. The Morgan fingerprint density at radius 1 is 1.12 bits per heavy atom. The van der Waals surface area contributed by atoms with Crippen LogP contribution in [0.25, 0.3) is 0 Å². The summed E-state index contributed by atoms with van der Waals surface area (Å²) in [5, 5.41) is 19.0. The number of hydrogen-bond donors (Lipinski definition) is 1. The molecule has 2 aromatic carbocycles. The monoisotopic (exact) mass is 371 g/mol. The van der Waals surface area contributed by atoms with Gasteiger partial charge in [-0.1, -0.05) is 6.07 Å². The first-order valence-corrected chi connectivity index (χ1v) is 8.66. The number of β-amino-alcohol motifs (C(OH)–C–C–N with tert-alkyl or cyclic N) is 1. The second kappa shape index (κ2) is 8.09. The summed E-state index contributed by atoms with van der Waals surface area (Å²) in [6.45, 7) is 6.26. The molecule has 0 spiro atoms. The van der Waals surface area contributed by atoms with Crippen molar-refractivity contribution in [3.05, 3.63) is 59.2 Å². The fourth-order valence-electron chi connectivity index (χ4n) is 3.40. The SMILES string of the molecule is CN(c1ccc(C#N)cc1)c1ccc2c(c1)CN(CC(C)(C)O)CC2.Cl. The maximum Gasteiger partial charge on any atom is 0.0991 e. The summed E-state index contributed by atoms with van der Waals surface area (Å²) in [4.78, 5) is 4.45. The lowest BCUT2D eigenvalue weighted by molar-refractivity contribution is 0.0318. The van der Waals surface area contributed by atoms with Gasteiger partial charge in [0.1, 0.15) is 0 Å². The number of benzene rings is 2. The van der Waals surface area contributed by atoms with Crippen LogP contribution >= 0.6 is 12.4 Å². The minimum absolute atomic E-state index is 0. The molecule has 3 rings (SSSR count). The van der Waals surface area contributed by atoms with Crippen molar-refractivity contribution in [3.63, 3.8) is 0 Å². The summed E-state index contributed by atoms with van der Waals surface area (Å²) in [5.41, 5.74) is 4.91. The van der Waals surface area contributed by atoms with E-state index in [9.17, 15) is 5.11 Å². The van der Waals surface area contributed by atoms with Crippen molar-refractivity contribution in [2.75, 3.05) is 25.0 Å². The molecule has 0 aromatic heterocycles. The summed E-state index contributed by atoms with van der Waals surface area (Å²) in [6.07, 6.45) is 1.02. The van der Waals surface area contributed by atoms with Crippen LogP contribution in [0, 0.1) is 11.3 Å². The summed E-state index contributed by atoms with van der Waals surface area (Å²) >= 11 is 0. The van der Waals surface area contributed by atoms with Crippen molar-refractivity contribution in [3.8, 4) is 6.07 Å². The summed E-state index contributed by atoms with van der Waals surface area (Å²) in [5.74, 6) is 0. The molecule has 4 nitrogen and oxygen atoms in total. The van der Waals surface area contributed by atoms with Gasteiger partial charge in [-0.05, 0) is 67.8 Å². The first-order chi connectivity index (χ1) is 11.9. The Labute approximate surface area is 162 Å². The van der Waals surface area contributed by atoms with Crippen molar-refractivity contribution in [1.82, 2.24) is 4.90 Å². The first-order valence-electron chi connectivity index (χ1n) is 8.66. The molecule has 2 aromatic rings. The number of hydrogen-bond acceptors (Lipinski definition) is 4. The zero-order valence-electron chi connectivity index (χ0n) is 15.6. The maximum absolute atomic E-state index is 10.1. The molecule has 138 valence electrons. The van der Waals surface area contributed by atoms with Gasteiger partial charge in [-0.25, -0.2) is 0 Å². The molecule has 0 atom stereocenters. The molecule has 0 bridgehead atoms. The van der Waals surface area contributed by atoms with Crippen LogP contribution in [-0.2, 0) is 13.0 Å². The van der Waals surface area contributed by atoms with Crippen LogP contribution in [0.3, 0.4) is 0 Å². The van der Waals surface area contributed by atoms with Gasteiger partial charge in [0.25, 0.3) is 0 Å². The fourth-order valence-corrected chi connectivity index (χ4v) is 3.40. The standard InChI is InChI=1S/C21H25N3O.ClH/c1-21(2,25)15-24-11-10-17-6-9-20(12-18(17)14-24)23(3)19-7-4-16(13-22)5-8-19;/h4-9,12,25H,10-11,14-15H2,1-3H3;1H. The maximum atomic E-state index is 10.1. The van der Waals surface area contributed by atoms with Crippen LogP contribution in [0.5, 0.6) is 0 Å². The second-order valence-corrected chi connectivity index (χ2v) is 7.44. The van der Waals surface area contributed by atoms with E-state index in [1.165, 1.54) is 11.1 Å². The molecule has 0 unspecified atom stereocenters. The van der Waals surface area contributed by atoms with Crippen LogP contribution in [0.4, 0.5) is 11.4 Å². The smallest absolute Gasteiger partial charge is 0.0991 e. The third-order valence-corrected chi connectivity index (χ3v) is 4.66. The molecule has 26 heavy (non-hydrogen) atoms. The molecule has 0 saturated heterocycles. The highest BCUT2D eigenvalue weighted by Gasteiger charge is 2.23. The molecule has 0 amide bonds. The molecule has 1 heterocycles. The van der Waals surface area contributed by atoms with Crippen molar-refractivity contribution in [2.24, 2.45) is 0 Å². The van der Waals surface area contributed by atoms with Gasteiger partial charge in [-0.2, -0.15) is 5.26 Å². The summed E-state index contributed by atoms with van der Waals surface area (Å²) in [6, 6.07) is 16.4. The molecular weight excluding hydrogens is 346 g/mol. The van der Waals surface area contributed by atoms with E-state index in [1.807, 2.05) is 45.2 Å². The predicted molar refractivity (Wildman–Crippen MR) is 108 cm³/mol. The first kappa shape index (κ1) is 20.3. The molecule has 0 fully saturated rings. The van der Waals surface area contributed by atoms with E-state index in [1.54, 1.807) is 0 Å². The van der Waals surface area contributed by atoms with Crippen molar-refractivity contribution < 1.29 is 5.11 Å². The van der Waals surface area contributed by atoms with E-state index in [2.05, 4.69) is 34.1 Å². The van der Waals surface area contributed by atoms with Crippen molar-refractivity contribution >= 4 is 23.8 Å². The van der Waals surface area contributed by atoms with Gasteiger partial charge < -0.3 is 10.0 Å². The number of nitrogens with zero attached hydrogens (tertiary/aromatic N) is 3. The number of anilines is 2. The van der Waals surface area contributed by atoms with Gasteiger partial charge >= 0.3 is 0 Å². The van der Waals surface area contributed by atoms with Crippen LogP contribution in [0.1, 0.15) is 30.5 Å². The molecule has 1 aliphatic rings. The van der Waals surface area contributed by atoms with Crippen LogP contribution in [0.15, 0.2) is 42.5 Å². The Kier molecular flexibility index (Phi) is 6.30. The molecular formula is C21H26ClN3O. The lowest BCUT2D eigenvalue weighted by atomic mass is 9.97. The minimum atomic E-state index is -0.672. The molecule has 1 aliphatic heterocycles. The highest BCUT2D eigenvalue weighted by molar-refractivity contribution is 5.85. The van der Waals surface area contributed by atoms with Crippen molar-refractivity contribution in [2.45, 2.75) is 32.4 Å². The Bertz CT molecular complexity index is 790. The van der Waals surface area contributed by atoms with Crippen molar-refractivity contribution in [1.29, 1.82) is 5.26 Å². The van der Waals surface area contributed by atoms with Crippen LogP contribution in [0.2, 0.25) is 0 Å². The number of rotatable bonds is 4. The van der Waals surface area contributed by atoms with Crippen LogP contribution in [-0.4, -0.2) is 35.7 Å². The Morgan fingerprint density at radius 3 is 2.38 bits per heavy atom. The number of aliphatic hydroxyl groups is 1. The van der Waals surface area contributed by atoms with Gasteiger partial charge in [0.2, 0.25) is 0 Å². The number of fused-ring (bicyclic) bond motifs is 1. The van der Waals surface area contributed by atoms with E-state index >= 15 is 0 Å². The quantitative estimate of drug-likeness (QED) is 0.886. The average molecular weight is 372 g/mol. The lowest BCUT2D eigenvalue weighted by Gasteiger charge is -2.33. The molecule has 0 saturated carbocycles. The lowest BCUT2D eigenvalue weighted by Crippen LogP contribution is -2.41. The van der Waals surface area contributed by atoms with E-state index in [0.717, 1.165) is 30.9 Å². The van der Waals surface area contributed by atoms with Gasteiger partial charge in [-0.3, -0.25) is 4.90 Å². The molecule has 1 N–H and O–H groups in total. The molecule has 0 radical (unpaired) electrons. The average Bonchev–Trinajstić information content (AvgIpc) is 2.59. The molecule has 5 heteroatoms. The normalized spacial score (nSPS) is 14.1. The van der Waals surface area contributed by atoms with Gasteiger partial charge in [-0.15, -0.1) is 12.4 Å². The largest absolute Gasteiger partial charge is 0.389 e. The predicted octanol–water partition coefficient (Wildman–Crippen LogP) is 3.88. The third-order valence-electron chi connectivity index (χ3n) is 4.66. The second-order valence-electron chi connectivity index (χ2n) is 7.44. The van der Waals surface area contributed by atoms with Gasteiger partial charge in [0.15, 0.2) is 0 Å². The van der Waals surface area contributed by atoms with Gasteiger partial charge in [0, 0.05) is 38.1 Å². The van der Waals surface area contributed by atoms with Gasteiger partial charge in [0.05, 0.1) is 17.2 Å². The van der Waals surface area contributed by atoms with E-state index in [0.29, 0.717) is 12.1 Å². The Hall–Kier alpha value is -2.06. The number of halogens is 1. The fraction of sp³-hybridized carbons (Fsp3) is 0.381. The molecule has 0 aliphatic carbocycles. The van der Waals surface area contributed by atoms with E-state index < -0.39 is 5.60 Å². The third kappa shape index (κ3) is 4.76. The van der Waals surface area contributed by atoms with E-state index in [4.69, 9.17) is 5.26 Å². The highest BCUT2D eigenvalue weighted by Crippen LogP contribution is 2.29. The van der Waals surface area contributed by atoms with Crippen LogP contribution < -0.4 is 4.90 Å². The summed E-state index contributed by atoms with van der Waals surface area (Å²) < 4.78 is 0. The summed E-state index contributed by atoms with van der Waals surface area (Å²) in [7, 11) is 2.04. The minimum Gasteiger partial charge on any atom is -0.389 e. The number of nitriles is 1. The van der Waals surface area contributed by atoms with E-state index in [-0.39, 0.29) is 12.4 Å². The highest BCUT2D eigenvalue weighted by atomic mass is 35.5. The Balaban J connectivity index is 0.00000243.